The first-order valence-corrected chi connectivity index (χ1v) is 6.25. The molecule has 0 saturated heterocycles. The Morgan fingerprint density at radius 1 is 1.22 bits per heavy atom. The summed E-state index contributed by atoms with van der Waals surface area (Å²) < 4.78 is 11.3. The summed E-state index contributed by atoms with van der Waals surface area (Å²) in [4.78, 5) is 0. The highest BCUT2D eigenvalue weighted by Crippen LogP contribution is 2.19. The van der Waals surface area contributed by atoms with E-state index in [-0.39, 0.29) is 0 Å². The smallest absolute Gasteiger partial charge is 0.124 e. The van der Waals surface area contributed by atoms with Crippen molar-refractivity contribution >= 4 is 0 Å². The van der Waals surface area contributed by atoms with E-state index in [9.17, 15) is 0 Å². The first-order valence-electron chi connectivity index (χ1n) is 6.25. The van der Waals surface area contributed by atoms with Gasteiger partial charge in [-0.05, 0) is 31.2 Å². The molecule has 0 saturated carbocycles. The first kappa shape index (κ1) is 12.7. The Morgan fingerprint density at radius 3 is 2.83 bits per heavy atom. The summed E-state index contributed by atoms with van der Waals surface area (Å²) >= 11 is 0. The maximum Gasteiger partial charge on any atom is 0.124 e. The summed E-state index contributed by atoms with van der Waals surface area (Å²) in [6.45, 7) is 6.34. The van der Waals surface area contributed by atoms with E-state index < -0.39 is 0 Å². The molecule has 2 rings (SSSR count). The second kappa shape index (κ2) is 6.26. The van der Waals surface area contributed by atoms with Crippen molar-refractivity contribution in [2.45, 2.75) is 27.0 Å². The van der Waals surface area contributed by atoms with Crippen molar-refractivity contribution in [2.24, 2.45) is 0 Å². The SMILES string of the molecule is CCNCc1occc1COc1ccccc1C. The van der Waals surface area contributed by atoms with Crippen molar-refractivity contribution in [2.75, 3.05) is 6.54 Å². The predicted octanol–water partition coefficient (Wildman–Crippen LogP) is 3.28. The number of aryl methyl sites for hydroxylation is 1. The van der Waals surface area contributed by atoms with E-state index >= 15 is 0 Å². The molecule has 18 heavy (non-hydrogen) atoms. The van der Waals surface area contributed by atoms with Gasteiger partial charge in [-0.3, -0.25) is 0 Å². The summed E-state index contributed by atoms with van der Waals surface area (Å²) in [7, 11) is 0. The molecule has 1 aromatic heterocycles. The maximum absolute atomic E-state index is 5.81. The van der Waals surface area contributed by atoms with Gasteiger partial charge in [0, 0.05) is 5.56 Å². The third-order valence-electron chi connectivity index (χ3n) is 2.85. The lowest BCUT2D eigenvalue weighted by Gasteiger charge is -2.09. The summed E-state index contributed by atoms with van der Waals surface area (Å²) in [6.07, 6.45) is 1.71. The number of furan rings is 1. The second-order valence-electron chi connectivity index (χ2n) is 4.20. The molecule has 3 nitrogen and oxygen atoms in total. The van der Waals surface area contributed by atoms with Crippen LogP contribution in [0, 0.1) is 6.92 Å². The van der Waals surface area contributed by atoms with Gasteiger partial charge in [-0.1, -0.05) is 25.1 Å². The van der Waals surface area contributed by atoms with Gasteiger partial charge in [0.2, 0.25) is 0 Å². The fourth-order valence-corrected chi connectivity index (χ4v) is 1.76. The van der Waals surface area contributed by atoms with E-state index in [1.54, 1.807) is 6.26 Å². The molecule has 1 N–H and O–H groups in total. The Kier molecular flexibility index (Phi) is 4.42. The molecule has 1 aromatic carbocycles. The summed E-state index contributed by atoms with van der Waals surface area (Å²) in [5, 5.41) is 3.25. The molecule has 0 radical (unpaired) electrons. The number of ether oxygens (including phenoxy) is 1. The molecule has 2 aromatic rings. The number of hydrogen-bond acceptors (Lipinski definition) is 3. The summed E-state index contributed by atoms with van der Waals surface area (Å²) in [6, 6.07) is 9.99. The molecule has 0 atom stereocenters. The van der Waals surface area contributed by atoms with E-state index in [1.807, 2.05) is 37.3 Å². The van der Waals surface area contributed by atoms with Gasteiger partial charge in [0.15, 0.2) is 0 Å². The molecule has 0 aliphatic rings. The van der Waals surface area contributed by atoms with Crippen LogP contribution < -0.4 is 10.1 Å². The van der Waals surface area contributed by atoms with E-state index in [0.717, 1.165) is 35.7 Å². The fraction of sp³-hybridized carbons (Fsp3) is 0.333. The highest BCUT2D eigenvalue weighted by Gasteiger charge is 2.07. The van der Waals surface area contributed by atoms with Crippen molar-refractivity contribution in [1.82, 2.24) is 5.32 Å². The van der Waals surface area contributed by atoms with Gasteiger partial charge in [0.25, 0.3) is 0 Å². The minimum absolute atomic E-state index is 0.544. The zero-order valence-corrected chi connectivity index (χ0v) is 10.9. The number of nitrogens with one attached hydrogen (secondary N) is 1. The molecule has 1 heterocycles. The molecule has 0 amide bonds. The van der Waals surface area contributed by atoms with Gasteiger partial charge >= 0.3 is 0 Å². The Morgan fingerprint density at radius 2 is 2.06 bits per heavy atom. The molecule has 96 valence electrons. The Balaban J connectivity index is 1.98. The monoisotopic (exact) mass is 245 g/mol. The molecular formula is C15H19NO2. The standard InChI is InChI=1S/C15H19NO2/c1-3-16-10-15-13(8-9-17-15)11-18-14-7-5-4-6-12(14)2/h4-9,16H,3,10-11H2,1-2H3. The zero-order valence-electron chi connectivity index (χ0n) is 10.9. The molecule has 0 fully saturated rings. The van der Waals surface area contributed by atoms with Gasteiger partial charge in [-0.15, -0.1) is 0 Å². The quantitative estimate of drug-likeness (QED) is 0.848. The third kappa shape index (κ3) is 3.14. The van der Waals surface area contributed by atoms with Crippen molar-refractivity contribution in [3.63, 3.8) is 0 Å². The van der Waals surface area contributed by atoms with Crippen LogP contribution in [0.1, 0.15) is 23.8 Å². The Labute approximate surface area is 108 Å². The van der Waals surface area contributed by atoms with E-state index in [1.165, 1.54) is 0 Å². The van der Waals surface area contributed by atoms with Crippen molar-refractivity contribution in [3.8, 4) is 5.75 Å². The molecule has 0 aliphatic heterocycles. The van der Waals surface area contributed by atoms with E-state index in [2.05, 4.69) is 12.2 Å². The Bertz CT molecular complexity index is 491. The molecule has 0 spiro atoms. The van der Waals surface area contributed by atoms with Crippen LogP contribution in [-0.4, -0.2) is 6.54 Å². The lowest BCUT2D eigenvalue weighted by atomic mass is 10.2. The fourth-order valence-electron chi connectivity index (χ4n) is 1.76. The van der Waals surface area contributed by atoms with Crippen LogP contribution in [0.25, 0.3) is 0 Å². The number of hydrogen-bond donors (Lipinski definition) is 1. The molecule has 3 heteroatoms. The van der Waals surface area contributed by atoms with Crippen LogP contribution in [0.2, 0.25) is 0 Å². The van der Waals surface area contributed by atoms with Gasteiger partial charge in [0.05, 0.1) is 12.8 Å². The lowest BCUT2D eigenvalue weighted by Crippen LogP contribution is -2.12. The number of para-hydroxylation sites is 1. The lowest BCUT2D eigenvalue weighted by molar-refractivity contribution is 0.299. The van der Waals surface area contributed by atoms with E-state index in [0.29, 0.717) is 6.61 Å². The van der Waals surface area contributed by atoms with Crippen LogP contribution in [0.3, 0.4) is 0 Å². The highest BCUT2D eigenvalue weighted by molar-refractivity contribution is 5.32. The van der Waals surface area contributed by atoms with Gasteiger partial charge in [0.1, 0.15) is 18.1 Å². The Hall–Kier alpha value is -1.74. The minimum atomic E-state index is 0.544. The highest BCUT2D eigenvalue weighted by atomic mass is 16.5. The van der Waals surface area contributed by atoms with Gasteiger partial charge in [-0.2, -0.15) is 0 Å². The largest absolute Gasteiger partial charge is 0.489 e. The van der Waals surface area contributed by atoms with Crippen molar-refractivity contribution in [3.05, 3.63) is 53.5 Å². The second-order valence-corrected chi connectivity index (χ2v) is 4.20. The van der Waals surface area contributed by atoms with Crippen LogP contribution in [0.15, 0.2) is 41.0 Å². The predicted molar refractivity (Wildman–Crippen MR) is 71.6 cm³/mol. The minimum Gasteiger partial charge on any atom is -0.489 e. The van der Waals surface area contributed by atoms with Crippen molar-refractivity contribution in [1.29, 1.82) is 0 Å². The molecule has 0 unspecified atom stereocenters. The number of rotatable bonds is 6. The normalized spacial score (nSPS) is 10.6. The van der Waals surface area contributed by atoms with Gasteiger partial charge in [-0.25, -0.2) is 0 Å². The average molecular weight is 245 g/mol. The molecular weight excluding hydrogens is 226 g/mol. The molecule has 0 bridgehead atoms. The zero-order chi connectivity index (χ0) is 12.8. The van der Waals surface area contributed by atoms with Crippen LogP contribution in [-0.2, 0) is 13.2 Å². The van der Waals surface area contributed by atoms with Gasteiger partial charge < -0.3 is 14.5 Å². The summed E-state index contributed by atoms with van der Waals surface area (Å²) in [5.74, 6) is 1.87. The van der Waals surface area contributed by atoms with Crippen LogP contribution in [0.4, 0.5) is 0 Å². The first-order chi connectivity index (χ1) is 8.81. The third-order valence-corrected chi connectivity index (χ3v) is 2.85. The van der Waals surface area contributed by atoms with Crippen molar-refractivity contribution < 1.29 is 9.15 Å². The van der Waals surface area contributed by atoms with Crippen LogP contribution in [0.5, 0.6) is 5.75 Å². The maximum atomic E-state index is 5.81. The topological polar surface area (TPSA) is 34.4 Å². The van der Waals surface area contributed by atoms with Crippen LogP contribution >= 0.6 is 0 Å². The molecule has 0 aliphatic carbocycles. The average Bonchev–Trinajstić information content (AvgIpc) is 2.83. The number of benzene rings is 1. The summed E-state index contributed by atoms with van der Waals surface area (Å²) in [5.41, 5.74) is 2.24. The van der Waals surface area contributed by atoms with E-state index in [4.69, 9.17) is 9.15 Å².